The van der Waals surface area contributed by atoms with Crippen molar-refractivity contribution < 1.29 is 13.2 Å². The molecule has 108 valence electrons. The van der Waals surface area contributed by atoms with Crippen LogP contribution in [0.5, 0.6) is 0 Å². The molecular formula is C14H9BrF3N3. The summed E-state index contributed by atoms with van der Waals surface area (Å²) in [5, 5.41) is 4.03. The van der Waals surface area contributed by atoms with Gasteiger partial charge in [0, 0.05) is 16.2 Å². The Balaban J connectivity index is 2.30. The zero-order valence-electron chi connectivity index (χ0n) is 10.8. The third-order valence-corrected chi connectivity index (χ3v) is 4.04. The molecule has 3 aromatic rings. The smallest absolute Gasteiger partial charge is 0.219 e. The first kappa shape index (κ1) is 14.1. The Morgan fingerprint density at radius 1 is 1.24 bits per heavy atom. The van der Waals surface area contributed by atoms with E-state index in [1.54, 1.807) is 12.3 Å². The molecule has 0 aliphatic rings. The fourth-order valence-electron chi connectivity index (χ4n) is 2.21. The second-order valence-corrected chi connectivity index (χ2v) is 5.44. The molecule has 0 spiro atoms. The highest BCUT2D eigenvalue weighted by atomic mass is 79.9. The van der Waals surface area contributed by atoms with Gasteiger partial charge in [-0.3, -0.25) is 0 Å². The molecule has 0 aliphatic carbocycles. The van der Waals surface area contributed by atoms with E-state index in [4.69, 9.17) is 0 Å². The Labute approximate surface area is 126 Å². The predicted molar refractivity (Wildman–Crippen MR) is 75.9 cm³/mol. The van der Waals surface area contributed by atoms with Gasteiger partial charge in [0.2, 0.25) is 0 Å². The molecule has 2 aromatic heterocycles. The molecule has 3 nitrogen and oxygen atoms in total. The monoisotopic (exact) mass is 355 g/mol. The lowest BCUT2D eigenvalue weighted by Crippen LogP contribution is -2.05. The molecule has 2 heterocycles. The zero-order valence-corrected chi connectivity index (χ0v) is 12.4. The minimum atomic E-state index is -4.38. The number of pyridine rings is 1. The van der Waals surface area contributed by atoms with Crippen molar-refractivity contribution in [1.29, 1.82) is 0 Å². The van der Waals surface area contributed by atoms with Gasteiger partial charge in [0.25, 0.3) is 0 Å². The van der Waals surface area contributed by atoms with Gasteiger partial charge in [-0.1, -0.05) is 12.1 Å². The standard InChI is InChI=1S/C14H9BrF3N3/c1-8-11(15)6-21-13(19-7-20-21)12(8)9-3-2-4-10(5-9)14(16,17)18/h2-7H,1H3. The summed E-state index contributed by atoms with van der Waals surface area (Å²) in [6, 6.07) is 5.21. The molecule has 0 radical (unpaired) electrons. The summed E-state index contributed by atoms with van der Waals surface area (Å²) in [4.78, 5) is 4.14. The van der Waals surface area contributed by atoms with Gasteiger partial charge in [-0.25, -0.2) is 9.50 Å². The molecule has 0 aliphatic heterocycles. The quantitative estimate of drug-likeness (QED) is 0.643. The first-order valence-corrected chi connectivity index (χ1v) is 6.83. The number of rotatable bonds is 1. The lowest BCUT2D eigenvalue weighted by molar-refractivity contribution is -0.137. The van der Waals surface area contributed by atoms with Crippen molar-refractivity contribution in [3.63, 3.8) is 0 Å². The Morgan fingerprint density at radius 2 is 2.00 bits per heavy atom. The van der Waals surface area contributed by atoms with E-state index in [-0.39, 0.29) is 0 Å². The molecule has 0 saturated carbocycles. The summed E-state index contributed by atoms with van der Waals surface area (Å²) in [5.74, 6) is 0. The first-order chi connectivity index (χ1) is 9.88. The number of aromatic nitrogens is 3. The molecule has 0 amide bonds. The number of hydrogen-bond acceptors (Lipinski definition) is 2. The van der Waals surface area contributed by atoms with Crippen molar-refractivity contribution in [3.8, 4) is 11.1 Å². The van der Waals surface area contributed by atoms with Gasteiger partial charge in [0.05, 0.1) is 5.56 Å². The topological polar surface area (TPSA) is 30.2 Å². The molecule has 3 rings (SSSR count). The molecule has 0 unspecified atom stereocenters. The van der Waals surface area contributed by atoms with Crippen LogP contribution in [0, 0.1) is 6.92 Å². The molecule has 1 aromatic carbocycles. The highest BCUT2D eigenvalue weighted by Gasteiger charge is 2.30. The van der Waals surface area contributed by atoms with Crippen LogP contribution in [0.15, 0.2) is 41.3 Å². The van der Waals surface area contributed by atoms with Crippen molar-refractivity contribution in [2.24, 2.45) is 0 Å². The number of benzene rings is 1. The van der Waals surface area contributed by atoms with E-state index in [2.05, 4.69) is 26.0 Å². The van der Waals surface area contributed by atoms with Crippen molar-refractivity contribution in [1.82, 2.24) is 14.6 Å². The Kier molecular flexibility index (Phi) is 3.24. The first-order valence-electron chi connectivity index (χ1n) is 6.04. The zero-order chi connectivity index (χ0) is 15.2. The van der Waals surface area contributed by atoms with Crippen molar-refractivity contribution in [2.75, 3.05) is 0 Å². The summed E-state index contributed by atoms with van der Waals surface area (Å²) < 4.78 is 40.9. The summed E-state index contributed by atoms with van der Waals surface area (Å²) in [6.07, 6.45) is -1.27. The van der Waals surface area contributed by atoms with Crippen LogP contribution in [0.3, 0.4) is 0 Å². The van der Waals surface area contributed by atoms with E-state index in [1.807, 2.05) is 6.92 Å². The fourth-order valence-corrected chi connectivity index (χ4v) is 2.60. The average molecular weight is 356 g/mol. The van der Waals surface area contributed by atoms with Gasteiger partial charge >= 0.3 is 6.18 Å². The van der Waals surface area contributed by atoms with Crippen LogP contribution in [-0.4, -0.2) is 14.6 Å². The van der Waals surface area contributed by atoms with Gasteiger partial charge in [-0.15, -0.1) is 0 Å². The largest absolute Gasteiger partial charge is 0.416 e. The molecular weight excluding hydrogens is 347 g/mol. The summed E-state index contributed by atoms with van der Waals surface area (Å²) in [5.41, 5.74) is 1.75. The van der Waals surface area contributed by atoms with Crippen LogP contribution in [-0.2, 0) is 6.18 Å². The minimum Gasteiger partial charge on any atom is -0.219 e. The predicted octanol–water partition coefficient (Wildman–Crippen LogP) is 4.49. The van der Waals surface area contributed by atoms with Gasteiger partial charge < -0.3 is 0 Å². The Morgan fingerprint density at radius 3 is 2.71 bits per heavy atom. The van der Waals surface area contributed by atoms with Gasteiger partial charge in [0.1, 0.15) is 6.33 Å². The summed E-state index contributed by atoms with van der Waals surface area (Å²) in [6.45, 7) is 1.83. The average Bonchev–Trinajstić information content (AvgIpc) is 2.87. The second-order valence-electron chi connectivity index (χ2n) is 4.58. The third-order valence-electron chi connectivity index (χ3n) is 3.24. The maximum absolute atomic E-state index is 12.9. The number of halogens is 4. The summed E-state index contributed by atoms with van der Waals surface area (Å²) >= 11 is 3.40. The van der Waals surface area contributed by atoms with E-state index in [1.165, 1.54) is 16.9 Å². The number of nitrogens with zero attached hydrogens (tertiary/aromatic N) is 3. The third kappa shape index (κ3) is 2.42. The molecule has 0 atom stereocenters. The van der Waals surface area contributed by atoms with Crippen LogP contribution in [0.1, 0.15) is 11.1 Å². The molecule has 0 N–H and O–H groups in total. The van der Waals surface area contributed by atoms with Crippen molar-refractivity contribution in [2.45, 2.75) is 13.1 Å². The highest BCUT2D eigenvalue weighted by Crippen LogP contribution is 2.36. The maximum atomic E-state index is 12.9. The van der Waals surface area contributed by atoms with Gasteiger partial charge in [-0.2, -0.15) is 18.3 Å². The number of fused-ring (bicyclic) bond motifs is 1. The molecule has 0 saturated heterocycles. The van der Waals surface area contributed by atoms with E-state index >= 15 is 0 Å². The van der Waals surface area contributed by atoms with Crippen LogP contribution in [0.2, 0.25) is 0 Å². The van der Waals surface area contributed by atoms with E-state index in [0.717, 1.165) is 22.2 Å². The van der Waals surface area contributed by atoms with Crippen LogP contribution in [0.4, 0.5) is 13.2 Å². The summed E-state index contributed by atoms with van der Waals surface area (Å²) in [7, 11) is 0. The molecule has 0 bridgehead atoms. The Hall–Kier alpha value is -1.89. The van der Waals surface area contributed by atoms with E-state index in [0.29, 0.717) is 16.8 Å². The molecule has 7 heteroatoms. The molecule has 21 heavy (non-hydrogen) atoms. The van der Waals surface area contributed by atoms with Gasteiger partial charge in [-0.05, 0) is 46.1 Å². The molecule has 0 fully saturated rings. The van der Waals surface area contributed by atoms with E-state index < -0.39 is 11.7 Å². The van der Waals surface area contributed by atoms with Crippen LogP contribution in [0.25, 0.3) is 16.8 Å². The lowest BCUT2D eigenvalue weighted by atomic mass is 10.00. The maximum Gasteiger partial charge on any atom is 0.416 e. The fraction of sp³-hybridized carbons (Fsp3) is 0.143. The minimum absolute atomic E-state index is 0.460. The van der Waals surface area contributed by atoms with Crippen LogP contribution < -0.4 is 0 Å². The second kappa shape index (κ2) is 4.84. The lowest BCUT2D eigenvalue weighted by Gasteiger charge is -2.12. The van der Waals surface area contributed by atoms with Crippen molar-refractivity contribution in [3.05, 3.63) is 52.4 Å². The Bertz CT molecular complexity index is 824. The highest BCUT2D eigenvalue weighted by molar-refractivity contribution is 9.10. The van der Waals surface area contributed by atoms with Gasteiger partial charge in [0.15, 0.2) is 5.65 Å². The van der Waals surface area contributed by atoms with Crippen LogP contribution >= 0.6 is 15.9 Å². The number of alkyl halides is 3. The van der Waals surface area contributed by atoms with E-state index in [9.17, 15) is 13.2 Å². The number of hydrogen-bond donors (Lipinski definition) is 0. The SMILES string of the molecule is Cc1c(Br)cn2ncnc2c1-c1cccc(C(F)(F)F)c1. The normalized spacial score (nSPS) is 12.0. The van der Waals surface area contributed by atoms with Crippen molar-refractivity contribution >= 4 is 21.6 Å².